The van der Waals surface area contributed by atoms with Gasteiger partial charge in [0, 0.05) is 12.6 Å². The maximum atomic E-state index is 12.6. The van der Waals surface area contributed by atoms with Crippen LogP contribution in [0.4, 0.5) is 0 Å². The van der Waals surface area contributed by atoms with E-state index in [2.05, 4.69) is 10.2 Å². The average molecular weight is 291 g/mol. The lowest BCUT2D eigenvalue weighted by molar-refractivity contribution is 0.396. The van der Waals surface area contributed by atoms with Gasteiger partial charge in [0.1, 0.15) is 0 Å². The molecule has 1 aromatic heterocycles. The van der Waals surface area contributed by atoms with Gasteiger partial charge >= 0.3 is 0 Å². The van der Waals surface area contributed by atoms with Crippen molar-refractivity contribution >= 4 is 10.0 Å². The van der Waals surface area contributed by atoms with Crippen molar-refractivity contribution in [2.75, 3.05) is 0 Å². The van der Waals surface area contributed by atoms with Crippen LogP contribution < -0.4 is 0 Å². The molecule has 1 aromatic carbocycles. The Morgan fingerprint density at radius 2 is 2.15 bits per heavy atom. The van der Waals surface area contributed by atoms with Crippen molar-refractivity contribution < 1.29 is 8.42 Å². The number of H-pyrrole nitrogens is 1. The first-order chi connectivity index (χ1) is 9.57. The van der Waals surface area contributed by atoms with Crippen molar-refractivity contribution in [2.24, 2.45) is 0 Å². The minimum atomic E-state index is -3.49. The first kappa shape index (κ1) is 13.3. The predicted octanol–water partition coefficient (Wildman–Crippen LogP) is 2.07. The molecule has 2 aromatic rings. The number of aromatic amines is 1. The number of rotatable bonds is 5. The molecule has 0 radical (unpaired) electrons. The molecular weight excluding hydrogens is 274 g/mol. The lowest BCUT2D eigenvalue weighted by atomic mass is 10.1. The Morgan fingerprint density at radius 3 is 2.75 bits per heavy atom. The van der Waals surface area contributed by atoms with Crippen LogP contribution in [0.2, 0.25) is 0 Å². The summed E-state index contributed by atoms with van der Waals surface area (Å²) in [5.74, 6) is 0. The largest absolute Gasteiger partial charge is 0.266 e. The van der Waals surface area contributed by atoms with Gasteiger partial charge in [-0.2, -0.15) is 9.40 Å². The first-order valence-corrected chi connectivity index (χ1v) is 8.08. The summed E-state index contributed by atoms with van der Waals surface area (Å²) in [5.41, 5.74) is 2.15. The Hall–Kier alpha value is -1.66. The van der Waals surface area contributed by atoms with Crippen LogP contribution in [0.1, 0.15) is 24.0 Å². The summed E-state index contributed by atoms with van der Waals surface area (Å²) in [5, 5.41) is 6.46. The summed E-state index contributed by atoms with van der Waals surface area (Å²) < 4.78 is 26.8. The summed E-state index contributed by atoms with van der Waals surface area (Å²) in [6.07, 6.45) is 3.32. The summed E-state index contributed by atoms with van der Waals surface area (Å²) in [6, 6.07) is 9.57. The zero-order valence-corrected chi connectivity index (χ0v) is 12.1. The van der Waals surface area contributed by atoms with E-state index in [0.29, 0.717) is 6.54 Å². The van der Waals surface area contributed by atoms with Crippen molar-refractivity contribution in [3.63, 3.8) is 0 Å². The molecule has 0 spiro atoms. The van der Waals surface area contributed by atoms with Gasteiger partial charge in [0.2, 0.25) is 0 Å². The molecule has 0 bridgehead atoms. The number of nitrogens with one attached hydrogen (secondary N) is 1. The summed E-state index contributed by atoms with van der Waals surface area (Å²) >= 11 is 0. The summed E-state index contributed by atoms with van der Waals surface area (Å²) in [6.45, 7) is 2.42. The van der Waals surface area contributed by atoms with Crippen LogP contribution in [0.3, 0.4) is 0 Å². The van der Waals surface area contributed by atoms with Crippen LogP contribution in [0, 0.1) is 6.92 Å². The highest BCUT2D eigenvalue weighted by Crippen LogP contribution is 2.33. The van der Waals surface area contributed by atoms with Crippen LogP contribution in [0.15, 0.2) is 41.6 Å². The van der Waals surface area contributed by atoms with E-state index in [1.54, 1.807) is 4.31 Å². The Kier molecular flexibility index (Phi) is 3.35. The van der Waals surface area contributed by atoms with Gasteiger partial charge in [-0.05, 0) is 31.4 Å². The lowest BCUT2D eigenvalue weighted by Gasteiger charge is -2.21. The van der Waals surface area contributed by atoms with E-state index in [4.69, 9.17) is 0 Å². The molecule has 1 aliphatic carbocycles. The van der Waals surface area contributed by atoms with Gasteiger partial charge in [-0.15, -0.1) is 0 Å². The molecule has 0 atom stereocenters. The zero-order valence-electron chi connectivity index (χ0n) is 11.3. The average Bonchev–Trinajstić information content (AvgIpc) is 3.08. The molecule has 0 saturated heterocycles. The third kappa shape index (κ3) is 2.62. The molecule has 5 nitrogen and oxygen atoms in total. The van der Waals surface area contributed by atoms with Crippen LogP contribution >= 0.6 is 0 Å². The van der Waals surface area contributed by atoms with Crippen LogP contribution in [-0.4, -0.2) is 29.0 Å². The second-order valence-electron chi connectivity index (χ2n) is 5.19. The number of aromatic nitrogens is 2. The van der Waals surface area contributed by atoms with Gasteiger partial charge in [-0.1, -0.05) is 29.8 Å². The molecule has 1 heterocycles. The second-order valence-corrected chi connectivity index (χ2v) is 7.05. The zero-order chi connectivity index (χ0) is 14.2. The van der Waals surface area contributed by atoms with Gasteiger partial charge in [-0.3, -0.25) is 5.10 Å². The van der Waals surface area contributed by atoms with Gasteiger partial charge in [0.05, 0.1) is 6.20 Å². The number of hydrogen-bond donors (Lipinski definition) is 1. The van der Waals surface area contributed by atoms with E-state index in [1.807, 2.05) is 31.2 Å². The van der Waals surface area contributed by atoms with Gasteiger partial charge in [0.25, 0.3) is 10.0 Å². The smallest absolute Gasteiger partial charge is 0.260 e. The van der Waals surface area contributed by atoms with Crippen molar-refractivity contribution in [1.29, 1.82) is 0 Å². The molecule has 0 unspecified atom stereocenters. The molecule has 106 valence electrons. The van der Waals surface area contributed by atoms with Crippen molar-refractivity contribution in [1.82, 2.24) is 14.5 Å². The highest BCUT2D eigenvalue weighted by atomic mass is 32.2. The topological polar surface area (TPSA) is 66.1 Å². The van der Waals surface area contributed by atoms with E-state index in [1.165, 1.54) is 12.3 Å². The van der Waals surface area contributed by atoms with E-state index in [0.717, 1.165) is 24.0 Å². The first-order valence-electron chi connectivity index (χ1n) is 6.64. The molecule has 1 N–H and O–H groups in total. The highest BCUT2D eigenvalue weighted by Gasteiger charge is 2.38. The number of sulfonamides is 1. The minimum Gasteiger partial charge on any atom is -0.266 e. The third-order valence-corrected chi connectivity index (χ3v) is 5.26. The Labute approximate surface area is 118 Å². The standard InChI is InChI=1S/C14H17N3O2S/c1-11-3-2-4-12(9-11)10-17(13-5-6-13)20(18,19)14-7-8-15-16-14/h2-4,7-9,13H,5-6,10H2,1H3,(H,15,16). The third-order valence-electron chi connectivity index (χ3n) is 3.44. The normalized spacial score (nSPS) is 15.7. The molecule has 3 rings (SSSR count). The molecule has 1 saturated carbocycles. The SMILES string of the molecule is Cc1cccc(CN(C2CC2)S(=O)(=O)c2ccn[nH]2)c1. The van der Waals surface area contributed by atoms with Gasteiger partial charge < -0.3 is 0 Å². The molecule has 6 heteroatoms. The Balaban J connectivity index is 1.90. The maximum Gasteiger partial charge on any atom is 0.260 e. The Bertz CT molecular complexity index is 691. The van der Waals surface area contributed by atoms with Crippen LogP contribution in [0.25, 0.3) is 0 Å². The lowest BCUT2D eigenvalue weighted by Crippen LogP contribution is -2.33. The molecule has 0 amide bonds. The Morgan fingerprint density at radius 1 is 1.35 bits per heavy atom. The van der Waals surface area contributed by atoms with Crippen molar-refractivity contribution in [3.05, 3.63) is 47.7 Å². The van der Waals surface area contributed by atoms with Gasteiger partial charge in [-0.25, -0.2) is 8.42 Å². The number of nitrogens with zero attached hydrogens (tertiary/aromatic N) is 2. The fraction of sp³-hybridized carbons (Fsp3) is 0.357. The van der Waals surface area contributed by atoms with Crippen molar-refractivity contribution in [3.8, 4) is 0 Å². The fourth-order valence-corrected chi connectivity index (χ4v) is 3.85. The number of aryl methyl sites for hydroxylation is 1. The van der Waals surface area contributed by atoms with E-state index < -0.39 is 10.0 Å². The molecule has 1 fully saturated rings. The highest BCUT2D eigenvalue weighted by molar-refractivity contribution is 7.89. The molecule has 1 aliphatic rings. The van der Waals surface area contributed by atoms with Crippen LogP contribution in [-0.2, 0) is 16.6 Å². The quantitative estimate of drug-likeness (QED) is 0.917. The van der Waals surface area contributed by atoms with Crippen molar-refractivity contribution in [2.45, 2.75) is 37.4 Å². The number of hydrogen-bond acceptors (Lipinski definition) is 3. The van der Waals surface area contributed by atoms with E-state index >= 15 is 0 Å². The predicted molar refractivity (Wildman–Crippen MR) is 75.5 cm³/mol. The minimum absolute atomic E-state index is 0.115. The monoisotopic (exact) mass is 291 g/mol. The number of benzene rings is 1. The molecule has 0 aliphatic heterocycles. The maximum absolute atomic E-state index is 12.6. The second kappa shape index (κ2) is 5.03. The fourth-order valence-electron chi connectivity index (χ4n) is 2.28. The van der Waals surface area contributed by atoms with Crippen LogP contribution in [0.5, 0.6) is 0 Å². The summed E-state index contributed by atoms with van der Waals surface area (Å²) in [4.78, 5) is 0. The van der Waals surface area contributed by atoms with Gasteiger partial charge in [0.15, 0.2) is 5.03 Å². The summed E-state index contributed by atoms with van der Waals surface area (Å²) in [7, 11) is -3.49. The van der Waals surface area contributed by atoms with E-state index in [-0.39, 0.29) is 11.1 Å². The molecule has 20 heavy (non-hydrogen) atoms. The molecular formula is C14H17N3O2S. The van der Waals surface area contributed by atoms with E-state index in [9.17, 15) is 8.42 Å².